The van der Waals surface area contributed by atoms with E-state index in [1.807, 2.05) is 0 Å². The number of amides is 1. The summed E-state index contributed by atoms with van der Waals surface area (Å²) in [7, 11) is 0. The molecule has 1 aliphatic rings. The Balaban J connectivity index is 2.47. The zero-order chi connectivity index (χ0) is 10.6. The maximum Gasteiger partial charge on any atom is 0.249 e. The first-order chi connectivity index (χ1) is 6.63. The minimum Gasteiger partial charge on any atom is -0.344 e. The molecule has 1 saturated heterocycles. The molecule has 0 aliphatic carbocycles. The van der Waals surface area contributed by atoms with E-state index >= 15 is 0 Å². The van der Waals surface area contributed by atoms with Crippen LogP contribution >= 0.6 is 0 Å². The number of rotatable bonds is 4. The second-order valence-corrected chi connectivity index (χ2v) is 4.05. The smallest absolute Gasteiger partial charge is 0.249 e. The van der Waals surface area contributed by atoms with E-state index in [-0.39, 0.29) is 11.9 Å². The Hall–Kier alpha value is -1.06. The van der Waals surface area contributed by atoms with Crippen LogP contribution in [0.5, 0.6) is 0 Å². The lowest BCUT2D eigenvalue weighted by Gasteiger charge is -2.09. The van der Waals surface area contributed by atoms with E-state index in [0.29, 0.717) is 11.9 Å². The molecule has 1 fully saturated rings. The van der Waals surface area contributed by atoms with Gasteiger partial charge in [-0.1, -0.05) is 20.8 Å². The van der Waals surface area contributed by atoms with Crippen LogP contribution in [-0.2, 0) is 4.79 Å². The molecule has 0 aromatic rings. The van der Waals surface area contributed by atoms with Crippen molar-refractivity contribution < 1.29 is 4.79 Å². The molecule has 80 valence electrons. The standard InChI is InChI=1S/C10H19N3O/c1-4-5-11-10-12-8(6-7(2)3)9(14)13-10/h7-8H,4-6H2,1-3H3,(H2,11,12,13,14). The number of nitrogens with one attached hydrogen (secondary N) is 2. The van der Waals surface area contributed by atoms with Crippen molar-refractivity contribution in [2.45, 2.75) is 39.7 Å². The van der Waals surface area contributed by atoms with Crippen molar-refractivity contribution in [3.8, 4) is 0 Å². The highest BCUT2D eigenvalue weighted by molar-refractivity contribution is 6.06. The third kappa shape index (κ3) is 3.01. The van der Waals surface area contributed by atoms with E-state index < -0.39 is 0 Å². The molecule has 1 rings (SSSR count). The van der Waals surface area contributed by atoms with E-state index in [9.17, 15) is 4.79 Å². The molecular formula is C10H19N3O. The van der Waals surface area contributed by atoms with Gasteiger partial charge in [0.05, 0.1) is 0 Å². The van der Waals surface area contributed by atoms with Crippen LogP contribution < -0.4 is 10.6 Å². The van der Waals surface area contributed by atoms with Crippen molar-refractivity contribution >= 4 is 11.9 Å². The fraction of sp³-hybridized carbons (Fsp3) is 0.800. The number of carbonyl (C=O) groups excluding carboxylic acids is 1. The largest absolute Gasteiger partial charge is 0.344 e. The molecule has 14 heavy (non-hydrogen) atoms. The van der Waals surface area contributed by atoms with Gasteiger partial charge in [-0.3, -0.25) is 15.1 Å². The van der Waals surface area contributed by atoms with Gasteiger partial charge in [0.25, 0.3) is 0 Å². The molecule has 1 aliphatic heterocycles. The average Bonchev–Trinajstić information content (AvgIpc) is 2.43. The summed E-state index contributed by atoms with van der Waals surface area (Å²) < 4.78 is 0. The average molecular weight is 197 g/mol. The fourth-order valence-corrected chi connectivity index (χ4v) is 1.42. The number of aliphatic imine (C=N–C) groups is 1. The van der Waals surface area contributed by atoms with E-state index in [2.05, 4.69) is 36.4 Å². The molecule has 1 amide bonds. The molecule has 0 spiro atoms. The summed E-state index contributed by atoms with van der Waals surface area (Å²) in [5.41, 5.74) is 0. The summed E-state index contributed by atoms with van der Waals surface area (Å²) >= 11 is 0. The van der Waals surface area contributed by atoms with Gasteiger partial charge in [-0.05, 0) is 18.8 Å². The van der Waals surface area contributed by atoms with Crippen molar-refractivity contribution in [2.24, 2.45) is 10.9 Å². The molecule has 1 atom stereocenters. The van der Waals surface area contributed by atoms with Crippen molar-refractivity contribution in [3.05, 3.63) is 0 Å². The first-order valence-electron chi connectivity index (χ1n) is 5.25. The quantitative estimate of drug-likeness (QED) is 0.703. The molecule has 4 heteroatoms. The monoisotopic (exact) mass is 197 g/mol. The first kappa shape index (κ1) is 11.0. The molecule has 0 aromatic heterocycles. The van der Waals surface area contributed by atoms with Crippen LogP contribution in [0.15, 0.2) is 4.99 Å². The zero-order valence-corrected chi connectivity index (χ0v) is 9.13. The lowest BCUT2D eigenvalue weighted by Crippen LogP contribution is -2.30. The predicted octanol–water partition coefficient (Wildman–Crippen LogP) is 0.886. The SMILES string of the molecule is CCCN=C1NC(=O)C(CC(C)C)N1. The van der Waals surface area contributed by atoms with E-state index in [0.717, 1.165) is 19.4 Å². The summed E-state index contributed by atoms with van der Waals surface area (Å²) in [6.07, 6.45) is 1.85. The number of hydrogen-bond donors (Lipinski definition) is 2. The predicted molar refractivity (Wildman–Crippen MR) is 57.1 cm³/mol. The second kappa shape index (κ2) is 4.98. The minimum atomic E-state index is -0.0920. The van der Waals surface area contributed by atoms with Crippen LogP contribution in [0, 0.1) is 5.92 Å². The van der Waals surface area contributed by atoms with Gasteiger partial charge >= 0.3 is 0 Å². The van der Waals surface area contributed by atoms with Crippen LogP contribution in [-0.4, -0.2) is 24.5 Å². The van der Waals surface area contributed by atoms with E-state index in [1.54, 1.807) is 0 Å². The molecule has 4 nitrogen and oxygen atoms in total. The maximum absolute atomic E-state index is 11.4. The van der Waals surface area contributed by atoms with Crippen molar-refractivity contribution in [2.75, 3.05) is 6.54 Å². The highest BCUT2D eigenvalue weighted by Gasteiger charge is 2.28. The van der Waals surface area contributed by atoms with Gasteiger partial charge in [0.1, 0.15) is 6.04 Å². The van der Waals surface area contributed by atoms with Crippen LogP contribution in [0.3, 0.4) is 0 Å². The zero-order valence-electron chi connectivity index (χ0n) is 9.13. The van der Waals surface area contributed by atoms with Gasteiger partial charge in [-0.15, -0.1) is 0 Å². The third-order valence-electron chi connectivity index (χ3n) is 2.07. The highest BCUT2D eigenvalue weighted by atomic mass is 16.2. The molecular weight excluding hydrogens is 178 g/mol. The van der Waals surface area contributed by atoms with Crippen molar-refractivity contribution in [1.82, 2.24) is 10.6 Å². The Morgan fingerprint density at radius 3 is 2.79 bits per heavy atom. The Labute approximate surface area is 85.2 Å². The summed E-state index contributed by atoms with van der Waals surface area (Å²) in [5.74, 6) is 1.21. The van der Waals surface area contributed by atoms with Gasteiger partial charge in [-0.25, -0.2) is 0 Å². The van der Waals surface area contributed by atoms with Gasteiger partial charge in [0.2, 0.25) is 5.91 Å². The highest BCUT2D eigenvalue weighted by Crippen LogP contribution is 2.07. The van der Waals surface area contributed by atoms with Gasteiger partial charge in [0.15, 0.2) is 5.96 Å². The minimum absolute atomic E-state index is 0.0496. The Kier molecular flexibility index (Phi) is 3.92. The summed E-state index contributed by atoms with van der Waals surface area (Å²) in [4.78, 5) is 15.7. The molecule has 0 bridgehead atoms. The Bertz CT molecular complexity index is 236. The number of guanidine groups is 1. The molecule has 0 saturated carbocycles. The summed E-state index contributed by atoms with van der Waals surface area (Å²) in [5, 5.41) is 5.84. The molecule has 1 unspecified atom stereocenters. The van der Waals surface area contributed by atoms with Crippen LogP contribution in [0.1, 0.15) is 33.6 Å². The van der Waals surface area contributed by atoms with Crippen LogP contribution in [0.4, 0.5) is 0 Å². The lowest BCUT2D eigenvalue weighted by molar-refractivity contribution is -0.120. The second-order valence-electron chi connectivity index (χ2n) is 4.05. The summed E-state index contributed by atoms with van der Waals surface area (Å²) in [6.45, 7) is 7.04. The number of nitrogens with zero attached hydrogens (tertiary/aromatic N) is 1. The Morgan fingerprint density at radius 2 is 2.21 bits per heavy atom. The van der Waals surface area contributed by atoms with Gasteiger partial charge in [0, 0.05) is 6.54 Å². The van der Waals surface area contributed by atoms with Gasteiger partial charge < -0.3 is 5.32 Å². The number of carbonyl (C=O) groups is 1. The maximum atomic E-state index is 11.4. The lowest BCUT2D eigenvalue weighted by atomic mass is 10.0. The first-order valence-corrected chi connectivity index (χ1v) is 5.25. The van der Waals surface area contributed by atoms with Crippen molar-refractivity contribution in [3.63, 3.8) is 0 Å². The van der Waals surface area contributed by atoms with E-state index in [1.165, 1.54) is 0 Å². The summed E-state index contributed by atoms with van der Waals surface area (Å²) in [6, 6.07) is -0.0920. The fourth-order valence-electron chi connectivity index (χ4n) is 1.42. The van der Waals surface area contributed by atoms with E-state index in [4.69, 9.17) is 0 Å². The third-order valence-corrected chi connectivity index (χ3v) is 2.07. The Morgan fingerprint density at radius 1 is 1.50 bits per heavy atom. The van der Waals surface area contributed by atoms with Crippen LogP contribution in [0.25, 0.3) is 0 Å². The molecule has 1 heterocycles. The molecule has 0 radical (unpaired) electrons. The van der Waals surface area contributed by atoms with Crippen molar-refractivity contribution in [1.29, 1.82) is 0 Å². The van der Waals surface area contributed by atoms with Crippen LogP contribution in [0.2, 0.25) is 0 Å². The van der Waals surface area contributed by atoms with Gasteiger partial charge in [-0.2, -0.15) is 0 Å². The molecule has 2 N–H and O–H groups in total. The normalized spacial score (nSPS) is 24.1. The molecule has 0 aromatic carbocycles. The topological polar surface area (TPSA) is 53.5 Å². The number of hydrogen-bond acceptors (Lipinski definition) is 2.